The Morgan fingerprint density at radius 3 is 2.29 bits per heavy atom. The Balaban J connectivity index is 1.56. The average Bonchev–Trinajstić information content (AvgIpc) is 2.75. The molecule has 0 aliphatic rings. The Hall–Kier alpha value is -2.92. The minimum atomic E-state index is -0.258. The lowest BCUT2D eigenvalue weighted by molar-refractivity contribution is 0.414. The van der Waals surface area contributed by atoms with Gasteiger partial charge in [-0.1, -0.05) is 36.4 Å². The minimum absolute atomic E-state index is 0.258. The topological polar surface area (TPSA) is 35.0 Å². The fourth-order valence-corrected chi connectivity index (χ4v) is 4.03. The summed E-state index contributed by atoms with van der Waals surface area (Å²) < 4.78 is 18.5. The highest BCUT2D eigenvalue weighted by Crippen LogP contribution is 2.32. The van der Waals surface area contributed by atoms with Crippen molar-refractivity contribution in [3.05, 3.63) is 84.2 Å². The summed E-state index contributed by atoms with van der Waals surface area (Å²) >= 11 is 1.70. The molecule has 28 heavy (non-hydrogen) atoms. The quantitative estimate of drug-likeness (QED) is 0.391. The number of rotatable bonds is 6. The minimum Gasteiger partial charge on any atom is -0.497 e. The summed E-state index contributed by atoms with van der Waals surface area (Å²) in [5.41, 5.74) is 2.89. The van der Waals surface area contributed by atoms with E-state index in [1.165, 1.54) is 17.7 Å². The highest BCUT2D eigenvalue weighted by molar-refractivity contribution is 7.99. The van der Waals surface area contributed by atoms with E-state index in [2.05, 4.69) is 28.4 Å². The molecular formula is C23H19FN2OS. The average molecular weight is 390 g/mol. The zero-order valence-corrected chi connectivity index (χ0v) is 16.2. The van der Waals surface area contributed by atoms with E-state index in [-0.39, 0.29) is 5.82 Å². The van der Waals surface area contributed by atoms with E-state index in [9.17, 15) is 4.39 Å². The van der Waals surface area contributed by atoms with Crippen LogP contribution in [-0.4, -0.2) is 23.1 Å². The summed E-state index contributed by atoms with van der Waals surface area (Å²) in [6.07, 6.45) is 0.935. The molecular weight excluding hydrogens is 371 g/mol. The van der Waals surface area contributed by atoms with Gasteiger partial charge in [0.25, 0.3) is 0 Å². The van der Waals surface area contributed by atoms with Gasteiger partial charge >= 0.3 is 0 Å². The van der Waals surface area contributed by atoms with Crippen LogP contribution in [0.25, 0.3) is 22.0 Å². The van der Waals surface area contributed by atoms with Crippen LogP contribution in [0.5, 0.6) is 5.75 Å². The lowest BCUT2D eigenvalue weighted by Crippen LogP contribution is -1.96. The van der Waals surface area contributed by atoms with Crippen molar-refractivity contribution in [3.8, 4) is 17.0 Å². The van der Waals surface area contributed by atoms with Crippen LogP contribution in [0, 0.1) is 5.82 Å². The number of fused-ring (bicyclic) bond motifs is 1. The van der Waals surface area contributed by atoms with E-state index < -0.39 is 0 Å². The van der Waals surface area contributed by atoms with E-state index in [1.54, 1.807) is 31.0 Å². The van der Waals surface area contributed by atoms with Crippen LogP contribution >= 0.6 is 11.8 Å². The van der Waals surface area contributed by atoms with Crippen LogP contribution in [0.3, 0.4) is 0 Å². The van der Waals surface area contributed by atoms with E-state index in [4.69, 9.17) is 4.74 Å². The first kappa shape index (κ1) is 18.4. The molecule has 0 amide bonds. The number of ether oxygens (including phenoxy) is 1. The highest BCUT2D eigenvalue weighted by atomic mass is 32.2. The van der Waals surface area contributed by atoms with Gasteiger partial charge in [-0.25, -0.2) is 4.39 Å². The maximum absolute atomic E-state index is 13.3. The zero-order chi connectivity index (χ0) is 19.3. The van der Waals surface area contributed by atoms with Gasteiger partial charge in [0.15, 0.2) is 0 Å². The fourth-order valence-electron chi connectivity index (χ4n) is 3.06. The van der Waals surface area contributed by atoms with Crippen molar-refractivity contribution in [1.29, 1.82) is 0 Å². The SMILES string of the molecule is COc1ccc(CCSc2nnc(-c3ccc(F)cc3)c3ccccc23)cc1. The zero-order valence-electron chi connectivity index (χ0n) is 15.4. The smallest absolute Gasteiger partial charge is 0.127 e. The van der Waals surface area contributed by atoms with Crippen molar-refractivity contribution in [2.45, 2.75) is 11.4 Å². The molecule has 0 N–H and O–H groups in total. The highest BCUT2D eigenvalue weighted by Gasteiger charge is 2.11. The second-order valence-corrected chi connectivity index (χ2v) is 7.44. The second kappa shape index (κ2) is 8.40. The standard InChI is InChI=1S/C23H19FN2OS/c1-27-19-12-6-16(7-13-19)14-15-28-23-21-5-3-2-4-20(21)22(25-26-23)17-8-10-18(24)11-9-17/h2-13H,14-15H2,1H3. The summed E-state index contributed by atoms with van der Waals surface area (Å²) in [7, 11) is 1.67. The first-order valence-electron chi connectivity index (χ1n) is 9.02. The largest absolute Gasteiger partial charge is 0.497 e. The Kier molecular flexibility index (Phi) is 5.53. The van der Waals surface area contributed by atoms with E-state index in [1.807, 2.05) is 30.3 Å². The van der Waals surface area contributed by atoms with Gasteiger partial charge in [0, 0.05) is 22.1 Å². The number of methoxy groups -OCH3 is 1. The van der Waals surface area contributed by atoms with Gasteiger partial charge in [-0.15, -0.1) is 22.0 Å². The van der Waals surface area contributed by atoms with Crippen molar-refractivity contribution in [2.24, 2.45) is 0 Å². The summed E-state index contributed by atoms with van der Waals surface area (Å²) in [6.45, 7) is 0. The molecule has 0 aliphatic heterocycles. The van der Waals surface area contributed by atoms with Crippen LogP contribution in [0.4, 0.5) is 4.39 Å². The molecule has 4 rings (SSSR count). The third-order valence-electron chi connectivity index (χ3n) is 4.56. The van der Waals surface area contributed by atoms with Gasteiger partial charge in [-0.05, 0) is 48.4 Å². The van der Waals surface area contributed by atoms with Crippen molar-refractivity contribution >= 4 is 22.5 Å². The van der Waals surface area contributed by atoms with Gasteiger partial charge < -0.3 is 4.74 Å². The van der Waals surface area contributed by atoms with Crippen LogP contribution in [0.15, 0.2) is 77.8 Å². The first-order valence-corrected chi connectivity index (χ1v) is 10.0. The number of hydrogen-bond donors (Lipinski definition) is 0. The molecule has 0 unspecified atom stereocenters. The predicted octanol–water partition coefficient (Wildman–Crippen LogP) is 5.78. The molecule has 140 valence electrons. The molecule has 4 aromatic rings. The predicted molar refractivity (Wildman–Crippen MR) is 112 cm³/mol. The Bertz CT molecular complexity index is 1080. The van der Waals surface area contributed by atoms with Crippen molar-refractivity contribution in [1.82, 2.24) is 10.2 Å². The molecule has 5 heteroatoms. The Morgan fingerprint density at radius 1 is 0.857 bits per heavy atom. The first-order chi connectivity index (χ1) is 13.7. The number of benzene rings is 3. The van der Waals surface area contributed by atoms with Crippen molar-refractivity contribution < 1.29 is 9.13 Å². The molecule has 1 aromatic heterocycles. The molecule has 3 nitrogen and oxygen atoms in total. The van der Waals surface area contributed by atoms with Gasteiger partial charge in [0.05, 0.1) is 7.11 Å². The third-order valence-corrected chi connectivity index (χ3v) is 5.54. The fraction of sp³-hybridized carbons (Fsp3) is 0.130. The number of aromatic nitrogens is 2. The number of nitrogens with zero attached hydrogens (tertiary/aromatic N) is 2. The monoisotopic (exact) mass is 390 g/mol. The summed E-state index contributed by atoms with van der Waals surface area (Å²) in [6, 6.07) is 22.6. The van der Waals surface area contributed by atoms with Gasteiger partial charge in [0.2, 0.25) is 0 Å². The van der Waals surface area contributed by atoms with Crippen LogP contribution in [0.1, 0.15) is 5.56 Å². The lowest BCUT2D eigenvalue weighted by atomic mass is 10.1. The number of thioether (sulfide) groups is 1. The van der Waals surface area contributed by atoms with E-state index in [0.29, 0.717) is 0 Å². The summed E-state index contributed by atoms with van der Waals surface area (Å²) in [4.78, 5) is 0. The molecule has 3 aromatic carbocycles. The van der Waals surface area contributed by atoms with Gasteiger partial charge in [0.1, 0.15) is 22.3 Å². The Morgan fingerprint density at radius 2 is 1.57 bits per heavy atom. The van der Waals surface area contributed by atoms with Crippen molar-refractivity contribution in [3.63, 3.8) is 0 Å². The van der Waals surface area contributed by atoms with Crippen molar-refractivity contribution in [2.75, 3.05) is 12.9 Å². The molecule has 0 aliphatic carbocycles. The maximum Gasteiger partial charge on any atom is 0.127 e. The lowest BCUT2D eigenvalue weighted by Gasteiger charge is -2.09. The normalized spacial score (nSPS) is 10.9. The summed E-state index contributed by atoms with van der Waals surface area (Å²) in [5, 5.41) is 11.9. The van der Waals surface area contributed by atoms with E-state index in [0.717, 1.165) is 45.0 Å². The molecule has 0 radical (unpaired) electrons. The number of hydrogen-bond acceptors (Lipinski definition) is 4. The summed E-state index contributed by atoms with van der Waals surface area (Å²) in [5.74, 6) is 1.51. The van der Waals surface area contributed by atoms with Crippen LogP contribution < -0.4 is 4.74 Å². The molecule has 0 fully saturated rings. The molecule has 0 saturated carbocycles. The molecule has 1 heterocycles. The maximum atomic E-state index is 13.3. The van der Waals surface area contributed by atoms with E-state index >= 15 is 0 Å². The van der Waals surface area contributed by atoms with Crippen LogP contribution in [-0.2, 0) is 6.42 Å². The number of halogens is 1. The second-order valence-electron chi connectivity index (χ2n) is 6.35. The molecule has 0 atom stereocenters. The molecule has 0 spiro atoms. The molecule has 0 bridgehead atoms. The third kappa shape index (κ3) is 3.99. The van der Waals surface area contributed by atoms with Crippen LogP contribution in [0.2, 0.25) is 0 Å². The Labute approximate surface area is 167 Å². The number of aryl methyl sites for hydroxylation is 1. The molecule has 0 saturated heterocycles. The van der Waals surface area contributed by atoms with Gasteiger partial charge in [-0.3, -0.25) is 0 Å². The van der Waals surface area contributed by atoms with Gasteiger partial charge in [-0.2, -0.15) is 0 Å².